The number of nitrogens with one attached hydrogen (secondary N) is 2. The molecule has 212 valence electrons. The van der Waals surface area contributed by atoms with Crippen LogP contribution in [0.4, 0.5) is 36.4 Å². The summed E-state index contributed by atoms with van der Waals surface area (Å²) in [5.74, 6) is -1.29. The monoisotopic (exact) mass is 572 g/mol. The number of alkyl halides is 6. The smallest absolute Gasteiger partial charge is 0.391 e. The van der Waals surface area contributed by atoms with Crippen molar-refractivity contribution in [1.82, 2.24) is 24.7 Å². The third-order valence-corrected chi connectivity index (χ3v) is 5.86. The van der Waals surface area contributed by atoms with Gasteiger partial charge in [-0.3, -0.25) is 9.59 Å². The standard InChI is InChI=1S/C24H19F7N6O3/c1-11(35-18-9-34-36-21(39)19(18)24(29,30)31)4-14(38)10-37-3-2-12-5-16(17(25)6-15(12)22(37)40)20-32-7-13(8-33-20)23(26,27)28/h2-3,5-9,11,14,38H,4,10H2,1H3,(H2,35,36,39). The summed E-state index contributed by atoms with van der Waals surface area (Å²) in [5.41, 5.74) is -5.54. The number of fused-ring (bicyclic) bond motifs is 1. The molecule has 0 aliphatic heterocycles. The number of aliphatic hydroxyl groups is 1. The number of H-pyrrole nitrogens is 1. The van der Waals surface area contributed by atoms with E-state index in [-0.39, 0.29) is 35.1 Å². The van der Waals surface area contributed by atoms with Gasteiger partial charge in [0.2, 0.25) is 0 Å². The molecule has 0 aliphatic carbocycles. The highest BCUT2D eigenvalue weighted by atomic mass is 19.4. The molecule has 4 aromatic rings. The molecule has 0 aliphatic rings. The summed E-state index contributed by atoms with van der Waals surface area (Å²) < 4.78 is 93.9. The van der Waals surface area contributed by atoms with E-state index >= 15 is 0 Å². The third kappa shape index (κ3) is 6.11. The van der Waals surface area contributed by atoms with E-state index < -0.39 is 58.2 Å². The molecule has 3 N–H and O–H groups in total. The number of halogens is 7. The van der Waals surface area contributed by atoms with Gasteiger partial charge in [-0.2, -0.15) is 31.4 Å². The van der Waals surface area contributed by atoms with Gasteiger partial charge in [0.15, 0.2) is 5.82 Å². The maximum absolute atomic E-state index is 14.8. The molecule has 3 aromatic heterocycles. The predicted molar refractivity (Wildman–Crippen MR) is 128 cm³/mol. The van der Waals surface area contributed by atoms with Crippen LogP contribution < -0.4 is 16.4 Å². The highest BCUT2D eigenvalue weighted by Crippen LogP contribution is 2.32. The minimum absolute atomic E-state index is 0.0987. The van der Waals surface area contributed by atoms with Crippen LogP contribution in [0.15, 0.2) is 52.6 Å². The van der Waals surface area contributed by atoms with Crippen molar-refractivity contribution in [3.63, 3.8) is 0 Å². The van der Waals surface area contributed by atoms with E-state index in [0.29, 0.717) is 12.4 Å². The second-order valence-corrected chi connectivity index (χ2v) is 8.91. The number of pyridine rings is 1. The Morgan fingerprint density at radius 3 is 2.35 bits per heavy atom. The van der Waals surface area contributed by atoms with E-state index in [2.05, 4.69) is 20.4 Å². The quantitative estimate of drug-likeness (QED) is 0.286. The first-order valence-electron chi connectivity index (χ1n) is 11.5. The summed E-state index contributed by atoms with van der Waals surface area (Å²) in [5, 5.41) is 18.2. The highest BCUT2D eigenvalue weighted by molar-refractivity contribution is 5.86. The predicted octanol–water partition coefficient (Wildman–Crippen LogP) is 3.97. The van der Waals surface area contributed by atoms with Gasteiger partial charge in [0.05, 0.1) is 41.0 Å². The number of hydrogen-bond acceptors (Lipinski definition) is 7. The maximum Gasteiger partial charge on any atom is 0.423 e. The lowest BCUT2D eigenvalue weighted by molar-refractivity contribution is -0.139. The minimum Gasteiger partial charge on any atom is -0.391 e. The Hall–Kier alpha value is -4.34. The van der Waals surface area contributed by atoms with Crippen LogP contribution in [0.2, 0.25) is 0 Å². The average molecular weight is 572 g/mol. The van der Waals surface area contributed by atoms with Crippen LogP contribution in [-0.4, -0.2) is 42.0 Å². The fourth-order valence-electron chi connectivity index (χ4n) is 4.06. The number of aromatic amines is 1. The van der Waals surface area contributed by atoms with Crippen LogP contribution in [0.1, 0.15) is 24.5 Å². The lowest BCUT2D eigenvalue weighted by Crippen LogP contribution is -2.32. The topological polar surface area (TPSA) is 126 Å². The second kappa shape index (κ2) is 10.7. The molecule has 16 heteroatoms. The highest BCUT2D eigenvalue weighted by Gasteiger charge is 2.37. The van der Waals surface area contributed by atoms with Gasteiger partial charge >= 0.3 is 12.4 Å². The fourth-order valence-corrected chi connectivity index (χ4v) is 4.06. The molecule has 9 nitrogen and oxygen atoms in total. The molecule has 40 heavy (non-hydrogen) atoms. The van der Waals surface area contributed by atoms with E-state index in [1.807, 2.05) is 0 Å². The third-order valence-electron chi connectivity index (χ3n) is 5.86. The zero-order chi connectivity index (χ0) is 29.4. The molecular formula is C24H19F7N6O3. The number of aromatic nitrogens is 5. The Morgan fingerprint density at radius 2 is 1.73 bits per heavy atom. The lowest BCUT2D eigenvalue weighted by atomic mass is 10.1. The second-order valence-electron chi connectivity index (χ2n) is 8.91. The Morgan fingerprint density at radius 1 is 1.05 bits per heavy atom. The summed E-state index contributed by atoms with van der Waals surface area (Å²) in [6, 6.07) is 2.70. The van der Waals surface area contributed by atoms with Gasteiger partial charge in [-0.25, -0.2) is 19.5 Å². The largest absolute Gasteiger partial charge is 0.423 e. The van der Waals surface area contributed by atoms with E-state index in [1.54, 1.807) is 5.10 Å². The van der Waals surface area contributed by atoms with E-state index in [1.165, 1.54) is 25.3 Å². The van der Waals surface area contributed by atoms with E-state index in [0.717, 1.165) is 16.8 Å². The van der Waals surface area contributed by atoms with Crippen molar-refractivity contribution >= 4 is 16.5 Å². The normalized spacial score (nSPS) is 13.8. The molecule has 0 fully saturated rings. The van der Waals surface area contributed by atoms with Crippen LogP contribution in [0.25, 0.3) is 22.2 Å². The van der Waals surface area contributed by atoms with Crippen molar-refractivity contribution in [2.75, 3.05) is 5.32 Å². The zero-order valence-electron chi connectivity index (χ0n) is 20.3. The number of rotatable bonds is 7. The number of hydrogen-bond donors (Lipinski definition) is 3. The summed E-state index contributed by atoms with van der Waals surface area (Å²) in [6.45, 7) is 1.15. The molecule has 0 saturated heterocycles. The summed E-state index contributed by atoms with van der Waals surface area (Å²) in [6.07, 6.45) is -7.91. The molecule has 0 amide bonds. The van der Waals surface area contributed by atoms with Crippen molar-refractivity contribution in [3.8, 4) is 11.4 Å². The van der Waals surface area contributed by atoms with Crippen LogP contribution >= 0.6 is 0 Å². The van der Waals surface area contributed by atoms with Crippen LogP contribution in [0, 0.1) is 5.82 Å². The Kier molecular flexibility index (Phi) is 7.65. The average Bonchev–Trinajstić information content (AvgIpc) is 2.84. The lowest BCUT2D eigenvalue weighted by Gasteiger charge is -2.21. The minimum atomic E-state index is -4.95. The van der Waals surface area contributed by atoms with E-state index in [4.69, 9.17) is 0 Å². The summed E-state index contributed by atoms with van der Waals surface area (Å²) >= 11 is 0. The molecule has 0 bridgehead atoms. The number of aliphatic hydroxyl groups excluding tert-OH is 1. The van der Waals surface area contributed by atoms with Gasteiger partial charge in [0, 0.05) is 24.6 Å². The van der Waals surface area contributed by atoms with Gasteiger partial charge in [-0.05, 0) is 36.9 Å². The van der Waals surface area contributed by atoms with E-state index in [9.17, 15) is 45.4 Å². The zero-order valence-corrected chi connectivity index (χ0v) is 20.3. The first-order chi connectivity index (χ1) is 18.6. The number of benzene rings is 1. The molecule has 0 spiro atoms. The van der Waals surface area contributed by atoms with Crippen molar-refractivity contribution in [2.24, 2.45) is 0 Å². The van der Waals surface area contributed by atoms with Gasteiger partial charge < -0.3 is 15.0 Å². The molecule has 0 radical (unpaired) electrons. The first kappa shape index (κ1) is 28.7. The molecule has 3 heterocycles. The van der Waals surface area contributed by atoms with Gasteiger partial charge in [-0.1, -0.05) is 0 Å². The number of anilines is 1. The number of nitrogens with zero attached hydrogens (tertiary/aromatic N) is 4. The molecular weight excluding hydrogens is 553 g/mol. The van der Waals surface area contributed by atoms with Crippen molar-refractivity contribution in [3.05, 3.63) is 80.6 Å². The molecule has 0 saturated carbocycles. The molecule has 2 unspecified atom stereocenters. The summed E-state index contributed by atoms with van der Waals surface area (Å²) in [7, 11) is 0. The van der Waals surface area contributed by atoms with Gasteiger partial charge in [-0.15, -0.1) is 0 Å². The SMILES string of the molecule is CC(CC(O)Cn1ccc2cc(-c3ncc(C(F)(F)F)cn3)c(F)cc2c1=O)Nc1cn[nH]c(=O)c1C(F)(F)F. The van der Waals surface area contributed by atoms with Gasteiger partial charge in [0.1, 0.15) is 11.4 Å². The summed E-state index contributed by atoms with van der Waals surface area (Å²) in [4.78, 5) is 31.7. The van der Waals surface area contributed by atoms with Crippen molar-refractivity contribution in [2.45, 2.75) is 44.4 Å². The Labute approximate surface area is 219 Å². The first-order valence-corrected chi connectivity index (χ1v) is 11.5. The van der Waals surface area contributed by atoms with Crippen LogP contribution in [-0.2, 0) is 18.9 Å². The molecule has 2 atom stereocenters. The van der Waals surface area contributed by atoms with Crippen LogP contribution in [0.5, 0.6) is 0 Å². The van der Waals surface area contributed by atoms with Crippen molar-refractivity contribution < 1.29 is 35.8 Å². The maximum atomic E-state index is 14.8. The van der Waals surface area contributed by atoms with Crippen LogP contribution in [0.3, 0.4) is 0 Å². The van der Waals surface area contributed by atoms with Gasteiger partial charge in [0.25, 0.3) is 11.1 Å². The fraction of sp³-hybridized carbons (Fsp3) is 0.292. The Balaban J connectivity index is 1.51. The Bertz CT molecular complexity index is 1650. The molecule has 4 rings (SSSR count). The van der Waals surface area contributed by atoms with Crippen molar-refractivity contribution in [1.29, 1.82) is 0 Å². The molecule has 1 aromatic carbocycles.